The molecule has 0 aliphatic heterocycles. The van der Waals surface area contributed by atoms with E-state index >= 15 is 0 Å². The molecular formula is C14H20BrF2NO. The van der Waals surface area contributed by atoms with Crippen molar-refractivity contribution in [2.24, 2.45) is 5.73 Å². The third-order valence-corrected chi connectivity index (χ3v) is 4.14. The van der Waals surface area contributed by atoms with E-state index in [1.54, 1.807) is 0 Å². The van der Waals surface area contributed by atoms with Crippen molar-refractivity contribution in [3.8, 4) is 0 Å². The number of halogens is 3. The predicted molar refractivity (Wildman–Crippen MR) is 76.1 cm³/mol. The van der Waals surface area contributed by atoms with E-state index in [1.165, 1.54) is 12.1 Å². The minimum absolute atomic E-state index is 0.00116. The summed E-state index contributed by atoms with van der Waals surface area (Å²) < 4.78 is 33.5. The number of benzene rings is 1. The molecule has 0 heterocycles. The fraction of sp³-hybridized carbons (Fsp3) is 0.571. The zero-order valence-electron chi connectivity index (χ0n) is 11.5. The normalized spacial score (nSPS) is 16.2. The summed E-state index contributed by atoms with van der Waals surface area (Å²) in [4.78, 5) is 0. The molecular weight excluding hydrogens is 316 g/mol. The molecule has 0 radical (unpaired) electrons. The van der Waals surface area contributed by atoms with Crippen LogP contribution in [0.5, 0.6) is 0 Å². The average Bonchev–Trinajstić information content (AvgIpc) is 2.39. The van der Waals surface area contributed by atoms with Crippen LogP contribution in [0.1, 0.15) is 32.8 Å². The van der Waals surface area contributed by atoms with E-state index in [0.29, 0.717) is 13.0 Å². The van der Waals surface area contributed by atoms with Crippen LogP contribution in [0.4, 0.5) is 8.78 Å². The molecule has 0 spiro atoms. The number of ether oxygens (including phenoxy) is 1. The van der Waals surface area contributed by atoms with Crippen LogP contribution in [0.2, 0.25) is 0 Å². The Labute approximate surface area is 121 Å². The van der Waals surface area contributed by atoms with Gasteiger partial charge in [-0.05, 0) is 54.8 Å². The summed E-state index contributed by atoms with van der Waals surface area (Å²) in [5, 5.41) is 0. The SMILES string of the molecule is CCOC(C)(CC)C(N)Cc1c(F)ccc(Br)c1F. The standard InChI is InChI=1S/C14H20BrF2NO/c1-4-14(3,19-5-2)12(18)8-9-11(16)7-6-10(15)13(9)17/h6-7,12H,4-5,8,18H2,1-3H3. The van der Waals surface area contributed by atoms with Gasteiger partial charge < -0.3 is 10.5 Å². The summed E-state index contributed by atoms with van der Waals surface area (Å²) in [5.41, 5.74) is 5.51. The number of rotatable bonds is 6. The topological polar surface area (TPSA) is 35.2 Å². The highest BCUT2D eigenvalue weighted by molar-refractivity contribution is 9.10. The number of hydrogen-bond acceptors (Lipinski definition) is 2. The van der Waals surface area contributed by atoms with Gasteiger partial charge in [-0.25, -0.2) is 8.78 Å². The zero-order valence-corrected chi connectivity index (χ0v) is 13.1. The highest BCUT2D eigenvalue weighted by Crippen LogP contribution is 2.26. The molecule has 19 heavy (non-hydrogen) atoms. The first-order valence-corrected chi connectivity index (χ1v) is 7.17. The largest absolute Gasteiger partial charge is 0.374 e. The van der Waals surface area contributed by atoms with Gasteiger partial charge in [-0.1, -0.05) is 6.92 Å². The van der Waals surface area contributed by atoms with E-state index < -0.39 is 23.3 Å². The molecule has 0 fully saturated rings. The molecule has 0 bridgehead atoms. The molecule has 1 rings (SSSR count). The first-order chi connectivity index (χ1) is 8.85. The van der Waals surface area contributed by atoms with Crippen molar-refractivity contribution >= 4 is 15.9 Å². The van der Waals surface area contributed by atoms with E-state index in [9.17, 15) is 8.78 Å². The van der Waals surface area contributed by atoms with Crippen LogP contribution >= 0.6 is 15.9 Å². The quantitative estimate of drug-likeness (QED) is 0.802. The van der Waals surface area contributed by atoms with Gasteiger partial charge in [0.15, 0.2) is 0 Å². The van der Waals surface area contributed by atoms with Crippen molar-refractivity contribution in [3.05, 3.63) is 33.8 Å². The van der Waals surface area contributed by atoms with Crippen LogP contribution in [0.25, 0.3) is 0 Å². The van der Waals surface area contributed by atoms with Gasteiger partial charge in [0.1, 0.15) is 11.6 Å². The second-order valence-corrected chi connectivity index (χ2v) is 5.59. The number of hydrogen-bond donors (Lipinski definition) is 1. The van der Waals surface area contributed by atoms with Crippen LogP contribution in [-0.4, -0.2) is 18.2 Å². The third-order valence-electron chi connectivity index (χ3n) is 3.52. The van der Waals surface area contributed by atoms with Crippen molar-refractivity contribution in [1.82, 2.24) is 0 Å². The maximum atomic E-state index is 13.9. The van der Waals surface area contributed by atoms with Crippen LogP contribution in [-0.2, 0) is 11.2 Å². The Morgan fingerprint density at radius 1 is 1.37 bits per heavy atom. The summed E-state index contributed by atoms with van der Waals surface area (Å²) in [5.74, 6) is -1.17. The first kappa shape index (κ1) is 16.5. The van der Waals surface area contributed by atoms with Crippen molar-refractivity contribution in [3.63, 3.8) is 0 Å². The molecule has 108 valence electrons. The van der Waals surface area contributed by atoms with E-state index in [-0.39, 0.29) is 16.5 Å². The average molecular weight is 336 g/mol. The molecule has 0 saturated heterocycles. The maximum absolute atomic E-state index is 13.9. The van der Waals surface area contributed by atoms with Crippen LogP contribution < -0.4 is 5.73 Å². The lowest BCUT2D eigenvalue weighted by atomic mass is 9.88. The molecule has 0 aromatic heterocycles. The lowest BCUT2D eigenvalue weighted by Gasteiger charge is -2.34. The van der Waals surface area contributed by atoms with Crippen LogP contribution in [0, 0.1) is 11.6 Å². The summed E-state index contributed by atoms with van der Waals surface area (Å²) in [6, 6.07) is 2.11. The predicted octanol–water partition coefficient (Wildman–Crippen LogP) is 3.80. The highest BCUT2D eigenvalue weighted by Gasteiger charge is 2.32. The van der Waals surface area contributed by atoms with Crippen molar-refractivity contribution in [2.45, 2.75) is 45.3 Å². The van der Waals surface area contributed by atoms with Gasteiger partial charge in [-0.15, -0.1) is 0 Å². The van der Waals surface area contributed by atoms with E-state index in [1.807, 2.05) is 20.8 Å². The fourth-order valence-electron chi connectivity index (χ4n) is 1.99. The summed E-state index contributed by atoms with van der Waals surface area (Å²) in [7, 11) is 0. The molecule has 0 saturated carbocycles. The van der Waals surface area contributed by atoms with Gasteiger partial charge in [-0.3, -0.25) is 0 Å². The van der Waals surface area contributed by atoms with Crippen molar-refractivity contribution in [1.29, 1.82) is 0 Å². The van der Waals surface area contributed by atoms with E-state index in [2.05, 4.69) is 15.9 Å². The van der Waals surface area contributed by atoms with Gasteiger partial charge in [-0.2, -0.15) is 0 Å². The zero-order chi connectivity index (χ0) is 14.6. The monoisotopic (exact) mass is 335 g/mol. The summed E-state index contributed by atoms with van der Waals surface area (Å²) in [6.45, 7) is 6.21. The third kappa shape index (κ3) is 3.74. The Morgan fingerprint density at radius 3 is 2.53 bits per heavy atom. The van der Waals surface area contributed by atoms with E-state index in [4.69, 9.17) is 10.5 Å². The van der Waals surface area contributed by atoms with Gasteiger partial charge >= 0.3 is 0 Å². The second kappa shape index (κ2) is 6.77. The molecule has 2 unspecified atom stereocenters. The van der Waals surface area contributed by atoms with Gasteiger partial charge in [0.05, 0.1) is 10.1 Å². The second-order valence-electron chi connectivity index (χ2n) is 4.73. The van der Waals surface area contributed by atoms with Crippen molar-refractivity contribution < 1.29 is 13.5 Å². The van der Waals surface area contributed by atoms with E-state index in [0.717, 1.165) is 0 Å². The van der Waals surface area contributed by atoms with Gasteiger partial charge in [0.25, 0.3) is 0 Å². The lowest BCUT2D eigenvalue weighted by Crippen LogP contribution is -2.49. The molecule has 0 aliphatic carbocycles. The molecule has 2 nitrogen and oxygen atoms in total. The molecule has 2 atom stereocenters. The molecule has 0 amide bonds. The number of nitrogens with two attached hydrogens (primary N) is 1. The van der Waals surface area contributed by atoms with Crippen molar-refractivity contribution in [2.75, 3.05) is 6.61 Å². The fourth-order valence-corrected chi connectivity index (χ4v) is 2.36. The van der Waals surface area contributed by atoms with Crippen LogP contribution in [0.3, 0.4) is 0 Å². The Morgan fingerprint density at radius 2 is 2.00 bits per heavy atom. The Hall–Kier alpha value is -0.520. The highest BCUT2D eigenvalue weighted by atomic mass is 79.9. The molecule has 0 aliphatic rings. The lowest BCUT2D eigenvalue weighted by molar-refractivity contribution is -0.0464. The smallest absolute Gasteiger partial charge is 0.143 e. The molecule has 1 aromatic rings. The molecule has 1 aromatic carbocycles. The van der Waals surface area contributed by atoms with Gasteiger partial charge in [0.2, 0.25) is 0 Å². The Kier molecular flexibility index (Phi) is 5.89. The Balaban J connectivity index is 2.99. The minimum Gasteiger partial charge on any atom is -0.374 e. The first-order valence-electron chi connectivity index (χ1n) is 6.37. The Bertz CT molecular complexity index is 442. The molecule has 5 heteroatoms. The minimum atomic E-state index is -0.592. The van der Waals surface area contributed by atoms with Gasteiger partial charge in [0, 0.05) is 18.2 Å². The summed E-state index contributed by atoms with van der Waals surface area (Å²) >= 11 is 3.05. The summed E-state index contributed by atoms with van der Waals surface area (Å²) in [6.07, 6.45) is 0.778. The maximum Gasteiger partial charge on any atom is 0.143 e. The molecule has 2 N–H and O–H groups in total. The van der Waals surface area contributed by atoms with Crippen LogP contribution in [0.15, 0.2) is 16.6 Å².